The molecule has 0 radical (unpaired) electrons. The molecule has 0 bridgehead atoms. The van der Waals surface area contributed by atoms with Crippen LogP contribution in [0.5, 0.6) is 5.75 Å². The first kappa shape index (κ1) is 19.3. The van der Waals surface area contributed by atoms with Gasteiger partial charge in [-0.1, -0.05) is 54.6 Å². The van der Waals surface area contributed by atoms with Crippen LogP contribution >= 0.6 is 0 Å². The molecule has 1 amide bonds. The summed E-state index contributed by atoms with van der Waals surface area (Å²) in [5, 5.41) is 2.40. The van der Waals surface area contributed by atoms with Crippen LogP contribution in [0.1, 0.15) is 32.4 Å². The standard InChI is InChI=1S/C25H27NO3/c1-25(2,3)29-24(27)26-16-21(17-26)23(28-22-11-5-4-6-12-22)20-14-13-18-9-7-8-10-19(18)15-20/h4-15,21,23H,16-17H2,1-3H3. The molecule has 29 heavy (non-hydrogen) atoms. The third-order valence-electron chi connectivity index (χ3n) is 5.10. The molecular formula is C25H27NO3. The summed E-state index contributed by atoms with van der Waals surface area (Å²) in [4.78, 5) is 14.1. The highest BCUT2D eigenvalue weighted by molar-refractivity contribution is 5.83. The third kappa shape index (κ3) is 4.53. The molecule has 1 atom stereocenters. The van der Waals surface area contributed by atoms with Gasteiger partial charge in [0.25, 0.3) is 0 Å². The van der Waals surface area contributed by atoms with Crippen molar-refractivity contribution in [1.29, 1.82) is 0 Å². The first-order chi connectivity index (χ1) is 13.9. The van der Waals surface area contributed by atoms with Crippen LogP contribution in [-0.4, -0.2) is 29.7 Å². The lowest BCUT2D eigenvalue weighted by atomic mass is 9.88. The van der Waals surface area contributed by atoms with Crippen molar-refractivity contribution in [2.45, 2.75) is 32.5 Å². The minimum absolute atomic E-state index is 0.124. The highest BCUT2D eigenvalue weighted by Gasteiger charge is 2.40. The van der Waals surface area contributed by atoms with E-state index in [9.17, 15) is 4.79 Å². The van der Waals surface area contributed by atoms with E-state index in [-0.39, 0.29) is 18.1 Å². The first-order valence-corrected chi connectivity index (χ1v) is 10.1. The van der Waals surface area contributed by atoms with Gasteiger partial charge in [0, 0.05) is 19.0 Å². The number of nitrogens with zero attached hydrogens (tertiary/aromatic N) is 1. The second-order valence-electron chi connectivity index (χ2n) is 8.60. The van der Waals surface area contributed by atoms with Gasteiger partial charge in [0.1, 0.15) is 17.5 Å². The Hall–Kier alpha value is -3.01. The zero-order chi connectivity index (χ0) is 20.4. The molecule has 1 unspecified atom stereocenters. The molecule has 1 aliphatic heterocycles. The van der Waals surface area contributed by atoms with Gasteiger partial charge >= 0.3 is 6.09 Å². The minimum Gasteiger partial charge on any atom is -0.485 e. The van der Waals surface area contributed by atoms with Gasteiger partial charge in [-0.15, -0.1) is 0 Å². The Morgan fingerprint density at radius 2 is 1.59 bits per heavy atom. The predicted molar refractivity (Wildman–Crippen MR) is 115 cm³/mol. The van der Waals surface area contributed by atoms with Crippen molar-refractivity contribution in [2.24, 2.45) is 5.92 Å². The van der Waals surface area contributed by atoms with Gasteiger partial charge in [-0.05, 0) is 55.3 Å². The fourth-order valence-electron chi connectivity index (χ4n) is 3.65. The Morgan fingerprint density at radius 3 is 2.28 bits per heavy atom. The number of amides is 1. The topological polar surface area (TPSA) is 38.8 Å². The van der Waals surface area contributed by atoms with Crippen molar-refractivity contribution >= 4 is 16.9 Å². The van der Waals surface area contributed by atoms with Gasteiger partial charge in [-0.3, -0.25) is 0 Å². The quantitative estimate of drug-likeness (QED) is 0.564. The van der Waals surface area contributed by atoms with Crippen LogP contribution in [0.3, 0.4) is 0 Å². The zero-order valence-electron chi connectivity index (χ0n) is 17.2. The Bertz CT molecular complexity index is 988. The van der Waals surface area contributed by atoms with Crippen molar-refractivity contribution in [3.63, 3.8) is 0 Å². The lowest BCUT2D eigenvalue weighted by Crippen LogP contribution is -2.54. The van der Waals surface area contributed by atoms with Gasteiger partial charge in [0.15, 0.2) is 0 Å². The van der Waals surface area contributed by atoms with Crippen LogP contribution in [0, 0.1) is 5.92 Å². The summed E-state index contributed by atoms with van der Waals surface area (Å²) in [6.45, 7) is 6.91. The highest BCUT2D eigenvalue weighted by atomic mass is 16.6. The summed E-state index contributed by atoms with van der Waals surface area (Å²) in [7, 11) is 0. The number of hydrogen-bond donors (Lipinski definition) is 0. The third-order valence-corrected chi connectivity index (χ3v) is 5.10. The van der Waals surface area contributed by atoms with E-state index >= 15 is 0 Å². The molecule has 4 nitrogen and oxygen atoms in total. The van der Waals surface area contributed by atoms with Crippen LogP contribution in [-0.2, 0) is 4.74 Å². The molecule has 4 heteroatoms. The summed E-state index contributed by atoms with van der Waals surface area (Å²) in [6.07, 6.45) is -0.383. The second-order valence-corrected chi connectivity index (χ2v) is 8.60. The van der Waals surface area contributed by atoms with Gasteiger partial charge in [0.2, 0.25) is 0 Å². The number of carbonyl (C=O) groups is 1. The van der Waals surface area contributed by atoms with Gasteiger partial charge < -0.3 is 14.4 Å². The fraction of sp³-hybridized carbons (Fsp3) is 0.320. The number of rotatable bonds is 4. The minimum atomic E-state index is -0.486. The van der Waals surface area contributed by atoms with Crippen molar-refractivity contribution < 1.29 is 14.3 Å². The SMILES string of the molecule is CC(C)(C)OC(=O)N1CC(C(Oc2ccccc2)c2ccc3ccccc3c2)C1. The highest BCUT2D eigenvalue weighted by Crippen LogP contribution is 2.36. The smallest absolute Gasteiger partial charge is 0.410 e. The Balaban J connectivity index is 1.55. The van der Waals surface area contributed by atoms with Gasteiger partial charge in [-0.25, -0.2) is 4.79 Å². The van der Waals surface area contributed by atoms with Crippen LogP contribution in [0.2, 0.25) is 0 Å². The molecule has 1 saturated heterocycles. The Kier molecular flexibility index (Phi) is 5.18. The number of ether oxygens (including phenoxy) is 2. The summed E-state index contributed by atoms with van der Waals surface area (Å²) in [5.41, 5.74) is 0.641. The normalized spacial score (nSPS) is 15.6. The van der Waals surface area contributed by atoms with E-state index in [0.717, 1.165) is 11.3 Å². The lowest BCUT2D eigenvalue weighted by molar-refractivity contribution is -0.0254. The maximum atomic E-state index is 12.3. The molecule has 4 rings (SSSR count). The molecule has 0 N–H and O–H groups in total. The number of carbonyl (C=O) groups excluding carboxylic acids is 1. The van der Waals surface area contributed by atoms with E-state index in [1.807, 2.05) is 63.2 Å². The Morgan fingerprint density at radius 1 is 0.931 bits per heavy atom. The number of likely N-dealkylation sites (tertiary alicyclic amines) is 1. The van der Waals surface area contributed by atoms with E-state index in [4.69, 9.17) is 9.47 Å². The lowest BCUT2D eigenvalue weighted by Gasteiger charge is -2.43. The largest absolute Gasteiger partial charge is 0.485 e. The van der Waals surface area contributed by atoms with Crippen molar-refractivity contribution in [2.75, 3.05) is 13.1 Å². The fourth-order valence-corrected chi connectivity index (χ4v) is 3.65. The van der Waals surface area contributed by atoms with Crippen molar-refractivity contribution in [3.8, 4) is 5.75 Å². The van der Waals surface area contributed by atoms with Gasteiger partial charge in [-0.2, -0.15) is 0 Å². The average Bonchev–Trinajstić information content (AvgIpc) is 2.65. The molecule has 1 fully saturated rings. The molecule has 0 aromatic heterocycles. The van der Waals surface area contributed by atoms with Crippen LogP contribution in [0.15, 0.2) is 72.8 Å². The number of hydrogen-bond acceptors (Lipinski definition) is 3. The Labute approximate surface area is 172 Å². The summed E-state index contributed by atoms with van der Waals surface area (Å²) >= 11 is 0. The maximum Gasteiger partial charge on any atom is 0.410 e. The monoisotopic (exact) mass is 389 g/mol. The number of fused-ring (bicyclic) bond motifs is 1. The summed E-state index contributed by atoms with van der Waals surface area (Å²) in [5.74, 6) is 1.05. The molecule has 0 aliphatic carbocycles. The van der Waals surface area contributed by atoms with E-state index < -0.39 is 5.60 Å². The van der Waals surface area contributed by atoms with Crippen molar-refractivity contribution in [3.05, 3.63) is 78.4 Å². The predicted octanol–water partition coefficient (Wildman–Crippen LogP) is 5.83. The van der Waals surface area contributed by atoms with Crippen molar-refractivity contribution in [1.82, 2.24) is 4.90 Å². The molecule has 0 spiro atoms. The first-order valence-electron chi connectivity index (χ1n) is 10.1. The van der Waals surface area contributed by atoms with E-state index in [0.29, 0.717) is 13.1 Å². The molecule has 3 aromatic carbocycles. The molecule has 0 saturated carbocycles. The summed E-state index contributed by atoms with van der Waals surface area (Å²) in [6, 6.07) is 24.6. The molecule has 150 valence electrons. The van der Waals surface area contributed by atoms with Gasteiger partial charge in [0.05, 0.1) is 0 Å². The molecule has 1 aliphatic rings. The van der Waals surface area contributed by atoms with Crippen LogP contribution < -0.4 is 4.74 Å². The molecule has 3 aromatic rings. The second kappa shape index (κ2) is 7.78. The number of para-hydroxylation sites is 1. The van der Waals surface area contributed by atoms with Crippen LogP contribution in [0.4, 0.5) is 4.79 Å². The molecular weight excluding hydrogens is 362 g/mol. The number of benzene rings is 3. The molecule has 1 heterocycles. The van der Waals surface area contributed by atoms with E-state index in [1.54, 1.807) is 4.90 Å². The van der Waals surface area contributed by atoms with Crippen LogP contribution in [0.25, 0.3) is 10.8 Å². The van der Waals surface area contributed by atoms with E-state index in [1.165, 1.54) is 10.8 Å². The van der Waals surface area contributed by atoms with E-state index in [2.05, 4.69) is 30.3 Å². The zero-order valence-corrected chi connectivity index (χ0v) is 17.2. The summed E-state index contributed by atoms with van der Waals surface area (Å²) < 4.78 is 11.9. The average molecular weight is 389 g/mol. The maximum absolute atomic E-state index is 12.3.